The van der Waals surface area contributed by atoms with E-state index in [-0.39, 0.29) is 11.7 Å². The molecule has 0 saturated carbocycles. The number of fused-ring (bicyclic) bond motifs is 1. The number of carbonyl (C=O) groups is 1. The number of amides is 1. The van der Waals surface area contributed by atoms with Crippen molar-refractivity contribution >= 4 is 11.6 Å². The Labute approximate surface area is 244 Å². The maximum atomic E-state index is 14.4. The fourth-order valence-electron chi connectivity index (χ4n) is 5.20. The van der Waals surface area contributed by atoms with Crippen LogP contribution < -0.4 is 4.74 Å². The molecule has 0 aliphatic heterocycles. The summed E-state index contributed by atoms with van der Waals surface area (Å²) in [5.41, 5.74) is 7.63. The molecule has 0 radical (unpaired) electrons. The van der Waals surface area contributed by atoms with E-state index in [9.17, 15) is 9.18 Å². The third-order valence-electron chi connectivity index (χ3n) is 7.49. The minimum atomic E-state index is -0.253. The number of hydrogen-bond acceptors (Lipinski definition) is 3. The van der Waals surface area contributed by atoms with Gasteiger partial charge in [0.1, 0.15) is 17.2 Å². The Balaban J connectivity index is 1.26. The highest BCUT2D eigenvalue weighted by atomic mass is 19.1. The van der Waals surface area contributed by atoms with E-state index < -0.39 is 0 Å². The highest BCUT2D eigenvalue weighted by Crippen LogP contribution is 2.36. The lowest BCUT2D eigenvalue weighted by atomic mass is 9.92. The molecule has 0 N–H and O–H groups in total. The van der Waals surface area contributed by atoms with Crippen LogP contribution in [0.1, 0.15) is 16.1 Å². The highest BCUT2D eigenvalue weighted by Gasteiger charge is 2.16. The molecular formula is C36H30FN3O2. The molecule has 0 aliphatic rings. The molecule has 0 aliphatic carbocycles. The van der Waals surface area contributed by atoms with Crippen molar-refractivity contribution in [3.05, 3.63) is 139 Å². The van der Waals surface area contributed by atoms with Crippen LogP contribution in [0.4, 0.5) is 4.39 Å². The molecule has 0 unspecified atom stereocenters. The van der Waals surface area contributed by atoms with Crippen molar-refractivity contribution in [3.63, 3.8) is 0 Å². The first-order valence-electron chi connectivity index (χ1n) is 13.8. The Morgan fingerprint density at radius 1 is 0.810 bits per heavy atom. The number of benzene rings is 4. The lowest BCUT2D eigenvalue weighted by Gasteiger charge is -2.18. The molecular weight excluding hydrogens is 525 g/mol. The molecule has 0 saturated heterocycles. The number of nitrogens with zero attached hydrogens (tertiary/aromatic N) is 3. The van der Waals surface area contributed by atoms with Gasteiger partial charge in [-0.1, -0.05) is 66.7 Å². The van der Waals surface area contributed by atoms with Crippen LogP contribution in [0.15, 0.2) is 122 Å². The number of pyridine rings is 1. The number of halogens is 1. The number of rotatable bonds is 8. The standard InChI is InChI=1S/C36H30FN3O2/c1-39(21-19-29-24-40-20-6-5-12-35(40)38-29)36(41)28-9-7-8-27(22-28)31-18-17-30(42-2)23-33(31)26-15-13-25(14-16-26)32-10-3-4-11-34(32)37/h3-18,20,22-24H,19,21H2,1-2H3. The first kappa shape index (κ1) is 27.0. The minimum absolute atomic E-state index is 0.0510. The summed E-state index contributed by atoms with van der Waals surface area (Å²) in [6.07, 6.45) is 4.63. The normalized spacial score (nSPS) is 11.0. The van der Waals surface area contributed by atoms with Gasteiger partial charge < -0.3 is 14.0 Å². The Morgan fingerprint density at radius 2 is 1.57 bits per heavy atom. The van der Waals surface area contributed by atoms with Gasteiger partial charge in [-0.2, -0.15) is 0 Å². The molecule has 6 rings (SSSR count). The molecule has 0 bridgehead atoms. The number of hydrogen-bond donors (Lipinski definition) is 0. The third-order valence-corrected chi connectivity index (χ3v) is 7.49. The van der Waals surface area contributed by atoms with Gasteiger partial charge >= 0.3 is 0 Å². The lowest BCUT2D eigenvalue weighted by Crippen LogP contribution is -2.28. The summed E-state index contributed by atoms with van der Waals surface area (Å²) in [6.45, 7) is 0.551. The monoisotopic (exact) mass is 555 g/mol. The summed E-state index contributed by atoms with van der Waals surface area (Å²) < 4.78 is 21.9. The van der Waals surface area contributed by atoms with Crippen molar-refractivity contribution in [2.45, 2.75) is 6.42 Å². The zero-order valence-electron chi connectivity index (χ0n) is 23.5. The van der Waals surface area contributed by atoms with Gasteiger partial charge in [0.05, 0.1) is 12.8 Å². The molecule has 0 atom stereocenters. The van der Waals surface area contributed by atoms with Gasteiger partial charge in [-0.25, -0.2) is 9.37 Å². The van der Waals surface area contributed by atoms with Crippen molar-refractivity contribution < 1.29 is 13.9 Å². The SMILES string of the molecule is COc1ccc(-c2cccc(C(=O)N(C)CCc3cn4ccccc4n3)c2)c(-c2ccc(-c3ccccc3F)cc2)c1. The average molecular weight is 556 g/mol. The molecule has 5 nitrogen and oxygen atoms in total. The van der Waals surface area contributed by atoms with Crippen molar-refractivity contribution in [2.75, 3.05) is 20.7 Å². The molecule has 0 fully saturated rings. The smallest absolute Gasteiger partial charge is 0.253 e. The van der Waals surface area contributed by atoms with E-state index in [1.165, 1.54) is 6.07 Å². The van der Waals surface area contributed by atoms with Gasteiger partial charge in [0.2, 0.25) is 0 Å². The van der Waals surface area contributed by atoms with Gasteiger partial charge in [0.15, 0.2) is 0 Å². The van der Waals surface area contributed by atoms with E-state index in [0.717, 1.165) is 44.9 Å². The van der Waals surface area contributed by atoms with Crippen LogP contribution in [-0.4, -0.2) is 40.9 Å². The number of carbonyl (C=O) groups excluding carboxylic acids is 1. The topological polar surface area (TPSA) is 46.8 Å². The van der Waals surface area contributed by atoms with Crippen molar-refractivity contribution in [1.29, 1.82) is 0 Å². The van der Waals surface area contributed by atoms with Gasteiger partial charge in [0.25, 0.3) is 5.91 Å². The molecule has 42 heavy (non-hydrogen) atoms. The fourth-order valence-corrected chi connectivity index (χ4v) is 5.20. The van der Waals surface area contributed by atoms with Crippen LogP contribution in [0.2, 0.25) is 0 Å². The summed E-state index contributed by atoms with van der Waals surface area (Å²) in [4.78, 5) is 19.8. The van der Waals surface area contributed by atoms with Gasteiger partial charge in [-0.3, -0.25) is 4.79 Å². The zero-order chi connectivity index (χ0) is 29.1. The summed E-state index contributed by atoms with van der Waals surface area (Å²) >= 11 is 0. The molecule has 0 spiro atoms. The Bertz CT molecular complexity index is 1840. The Morgan fingerprint density at radius 3 is 2.33 bits per heavy atom. The summed E-state index contributed by atoms with van der Waals surface area (Å²) in [5.74, 6) is 0.424. The zero-order valence-corrected chi connectivity index (χ0v) is 23.5. The molecule has 2 heterocycles. The molecule has 6 aromatic rings. The Kier molecular flexibility index (Phi) is 7.52. The molecule has 2 aromatic heterocycles. The maximum Gasteiger partial charge on any atom is 0.253 e. The van der Waals surface area contributed by atoms with Crippen molar-refractivity contribution in [2.24, 2.45) is 0 Å². The second-order valence-electron chi connectivity index (χ2n) is 10.2. The number of aromatic nitrogens is 2. The summed E-state index contributed by atoms with van der Waals surface area (Å²) in [6, 6.07) is 34.1. The van der Waals surface area contributed by atoms with Crippen molar-refractivity contribution in [3.8, 4) is 39.1 Å². The second kappa shape index (κ2) is 11.7. The predicted octanol–water partition coefficient (Wildman–Crippen LogP) is 7.80. The highest BCUT2D eigenvalue weighted by molar-refractivity contribution is 5.96. The van der Waals surface area contributed by atoms with Crippen LogP contribution in [0.3, 0.4) is 0 Å². The summed E-state index contributed by atoms with van der Waals surface area (Å²) in [7, 11) is 3.46. The van der Waals surface area contributed by atoms with Crippen LogP contribution in [0.5, 0.6) is 5.75 Å². The van der Waals surface area contributed by atoms with E-state index in [2.05, 4.69) is 4.98 Å². The third kappa shape index (κ3) is 5.52. The molecule has 6 heteroatoms. The summed E-state index contributed by atoms with van der Waals surface area (Å²) in [5, 5.41) is 0. The van der Waals surface area contributed by atoms with E-state index in [4.69, 9.17) is 4.74 Å². The van der Waals surface area contributed by atoms with Crippen molar-refractivity contribution in [1.82, 2.24) is 14.3 Å². The van der Waals surface area contributed by atoms with Gasteiger partial charge in [0, 0.05) is 43.5 Å². The van der Waals surface area contributed by atoms with E-state index in [0.29, 0.717) is 24.1 Å². The second-order valence-corrected chi connectivity index (χ2v) is 10.2. The first-order valence-corrected chi connectivity index (χ1v) is 13.8. The van der Waals surface area contributed by atoms with E-state index in [1.54, 1.807) is 24.1 Å². The fraction of sp³-hybridized carbons (Fsp3) is 0.111. The van der Waals surface area contributed by atoms with Crippen LogP contribution in [0, 0.1) is 5.82 Å². The molecule has 4 aromatic carbocycles. The van der Waals surface area contributed by atoms with Crippen LogP contribution in [-0.2, 0) is 6.42 Å². The number of likely N-dealkylation sites (N-methyl/N-ethyl adjacent to an activating group) is 1. The largest absolute Gasteiger partial charge is 0.497 e. The number of imidazole rings is 1. The maximum absolute atomic E-state index is 14.4. The Hall–Kier alpha value is -5.23. The van der Waals surface area contributed by atoms with Crippen LogP contribution in [0.25, 0.3) is 39.0 Å². The van der Waals surface area contributed by atoms with Gasteiger partial charge in [-0.05, 0) is 70.3 Å². The van der Waals surface area contributed by atoms with Gasteiger partial charge in [-0.15, -0.1) is 0 Å². The molecule has 208 valence electrons. The average Bonchev–Trinajstić information content (AvgIpc) is 3.46. The van der Waals surface area contributed by atoms with E-state index >= 15 is 0 Å². The predicted molar refractivity (Wildman–Crippen MR) is 165 cm³/mol. The molecule has 1 amide bonds. The lowest BCUT2D eigenvalue weighted by molar-refractivity contribution is 0.0796. The van der Waals surface area contributed by atoms with Crippen LogP contribution >= 0.6 is 0 Å². The minimum Gasteiger partial charge on any atom is -0.497 e. The number of methoxy groups -OCH3 is 1. The number of ether oxygens (including phenoxy) is 1. The van der Waals surface area contributed by atoms with E-state index in [1.807, 2.05) is 115 Å². The quantitative estimate of drug-likeness (QED) is 0.193. The first-order chi connectivity index (χ1) is 20.5.